The number of ether oxygens (including phenoxy) is 3. The number of carbonyl (C=O) groups is 3. The first kappa shape index (κ1) is 59.8. The van der Waals surface area contributed by atoms with Crippen molar-refractivity contribution in [1.82, 2.24) is 0 Å². The third-order valence-corrected chi connectivity index (χ3v) is 10.4. The molecule has 0 fully saturated rings. The molecule has 0 heterocycles. The number of carbonyl (C=O) groups excluding carboxylic acids is 3. The highest BCUT2D eigenvalue weighted by Gasteiger charge is 2.19. The summed E-state index contributed by atoms with van der Waals surface area (Å²) in [6.45, 7) is 6.34. The molecule has 0 saturated heterocycles. The standard InChI is InChI=1S/C58H92O6/c1-4-7-10-13-16-19-22-25-27-28-29-31-33-36-39-42-45-48-51-57(60)63-54-55(53-62-56(59)50-47-44-41-38-35-32-24-21-18-15-12-9-6-3)64-58(61)52-49-46-43-40-37-34-30-26-23-20-17-14-11-8-5-2/h9,12,15-16,18-25,27-29,31-32,35,38,41,55H,4-8,10-11,13-14,17,26,30,33-34,36-37,39-40,42-54H2,1-3H3/b12-9-,18-15-,19-16-,23-20-,24-21-,25-22-,28-27-,31-29-,35-32-,41-38-. The molecule has 0 bridgehead atoms. The third-order valence-electron chi connectivity index (χ3n) is 10.4. The predicted molar refractivity (Wildman–Crippen MR) is 274 cm³/mol. The second-order valence-corrected chi connectivity index (χ2v) is 16.6. The van der Waals surface area contributed by atoms with Crippen molar-refractivity contribution in [1.29, 1.82) is 0 Å². The van der Waals surface area contributed by atoms with Crippen molar-refractivity contribution in [3.05, 3.63) is 122 Å². The Balaban J connectivity index is 4.55. The maximum absolute atomic E-state index is 12.8. The number of rotatable bonds is 44. The predicted octanol–water partition coefficient (Wildman–Crippen LogP) is 16.9. The molecule has 0 aliphatic carbocycles. The number of hydrogen-bond acceptors (Lipinski definition) is 6. The first-order valence-electron chi connectivity index (χ1n) is 25.7. The molecule has 0 amide bonds. The van der Waals surface area contributed by atoms with Gasteiger partial charge in [0.25, 0.3) is 0 Å². The summed E-state index contributed by atoms with van der Waals surface area (Å²) in [5.41, 5.74) is 0. The molecule has 0 aliphatic rings. The smallest absolute Gasteiger partial charge is 0.306 e. The summed E-state index contributed by atoms with van der Waals surface area (Å²) >= 11 is 0. The highest BCUT2D eigenvalue weighted by atomic mass is 16.6. The van der Waals surface area contributed by atoms with Crippen molar-refractivity contribution in [3.63, 3.8) is 0 Å². The first-order valence-corrected chi connectivity index (χ1v) is 25.7. The maximum atomic E-state index is 12.8. The van der Waals surface area contributed by atoms with Crippen molar-refractivity contribution in [2.24, 2.45) is 0 Å². The summed E-state index contributed by atoms with van der Waals surface area (Å²) in [6, 6.07) is 0. The Kier molecular flexibility index (Phi) is 48.1. The largest absolute Gasteiger partial charge is 0.462 e. The number of allylic oxidation sites excluding steroid dienone is 20. The van der Waals surface area contributed by atoms with Gasteiger partial charge in [-0.3, -0.25) is 14.4 Å². The van der Waals surface area contributed by atoms with Crippen LogP contribution in [0.25, 0.3) is 0 Å². The van der Waals surface area contributed by atoms with Crippen molar-refractivity contribution in [2.75, 3.05) is 13.2 Å². The molecule has 0 N–H and O–H groups in total. The van der Waals surface area contributed by atoms with Crippen molar-refractivity contribution in [3.8, 4) is 0 Å². The van der Waals surface area contributed by atoms with E-state index in [1.807, 2.05) is 54.7 Å². The normalized spacial score (nSPS) is 13.1. The Hall–Kier alpha value is -4.19. The van der Waals surface area contributed by atoms with Crippen LogP contribution in [0.4, 0.5) is 0 Å². The fraction of sp³-hybridized carbons (Fsp3) is 0.603. The Morgan fingerprint density at radius 1 is 0.328 bits per heavy atom. The summed E-state index contributed by atoms with van der Waals surface area (Å²) in [5.74, 6) is -1.03. The SMILES string of the molecule is CC\C=C/C=C\C=C/C=C\C=C/CCCC(=O)OCC(COC(=O)CCCCCCC\C=C/C=C\C=C/C=C\CCCCC)OC(=O)CCCCCCCCC/C=C\CCCCCC. The molecule has 6 nitrogen and oxygen atoms in total. The summed E-state index contributed by atoms with van der Waals surface area (Å²) in [5, 5.41) is 0. The van der Waals surface area contributed by atoms with Gasteiger partial charge in [0.15, 0.2) is 6.10 Å². The van der Waals surface area contributed by atoms with E-state index in [-0.39, 0.29) is 37.5 Å². The minimum absolute atomic E-state index is 0.118. The highest BCUT2D eigenvalue weighted by Crippen LogP contribution is 2.13. The second kappa shape index (κ2) is 51.4. The number of unbranched alkanes of at least 4 members (excludes halogenated alkanes) is 20. The lowest BCUT2D eigenvalue weighted by molar-refractivity contribution is -0.167. The molecule has 0 aliphatic heterocycles. The van der Waals surface area contributed by atoms with E-state index in [0.717, 1.165) is 77.0 Å². The molecule has 6 heteroatoms. The minimum atomic E-state index is -0.822. The monoisotopic (exact) mass is 885 g/mol. The Bertz CT molecular complexity index is 1390. The van der Waals surface area contributed by atoms with E-state index >= 15 is 0 Å². The van der Waals surface area contributed by atoms with Gasteiger partial charge in [-0.15, -0.1) is 0 Å². The Morgan fingerprint density at radius 2 is 0.641 bits per heavy atom. The molecule has 0 aromatic carbocycles. The lowest BCUT2D eigenvalue weighted by atomic mass is 10.1. The molecule has 0 aromatic rings. The van der Waals surface area contributed by atoms with Gasteiger partial charge in [-0.05, 0) is 83.5 Å². The van der Waals surface area contributed by atoms with Crippen LogP contribution in [-0.2, 0) is 28.6 Å². The molecule has 1 unspecified atom stereocenters. The molecule has 0 aromatic heterocycles. The number of esters is 3. The third kappa shape index (κ3) is 48.8. The van der Waals surface area contributed by atoms with Crippen LogP contribution in [0.5, 0.6) is 0 Å². The molecule has 0 saturated carbocycles. The van der Waals surface area contributed by atoms with Gasteiger partial charge in [0.1, 0.15) is 13.2 Å². The fourth-order valence-corrected chi connectivity index (χ4v) is 6.54. The van der Waals surface area contributed by atoms with E-state index in [1.54, 1.807) is 0 Å². The van der Waals surface area contributed by atoms with E-state index in [4.69, 9.17) is 14.2 Å². The van der Waals surface area contributed by atoms with Crippen LogP contribution in [-0.4, -0.2) is 37.2 Å². The molecule has 64 heavy (non-hydrogen) atoms. The first-order chi connectivity index (χ1) is 31.5. The van der Waals surface area contributed by atoms with Gasteiger partial charge < -0.3 is 14.2 Å². The molecule has 0 spiro atoms. The van der Waals surface area contributed by atoms with Crippen LogP contribution in [0.1, 0.15) is 207 Å². The summed E-state index contributed by atoms with van der Waals surface area (Å²) in [7, 11) is 0. The van der Waals surface area contributed by atoms with Crippen LogP contribution in [0.2, 0.25) is 0 Å². The minimum Gasteiger partial charge on any atom is -0.462 e. The van der Waals surface area contributed by atoms with Gasteiger partial charge in [0, 0.05) is 19.3 Å². The van der Waals surface area contributed by atoms with Crippen LogP contribution < -0.4 is 0 Å². The maximum Gasteiger partial charge on any atom is 0.306 e. The summed E-state index contributed by atoms with van der Waals surface area (Å²) in [6.07, 6.45) is 70.4. The van der Waals surface area contributed by atoms with Gasteiger partial charge in [-0.25, -0.2) is 0 Å². The zero-order valence-electron chi connectivity index (χ0n) is 41.0. The van der Waals surface area contributed by atoms with Crippen LogP contribution in [0.3, 0.4) is 0 Å². The lowest BCUT2D eigenvalue weighted by Crippen LogP contribution is -2.30. The van der Waals surface area contributed by atoms with Gasteiger partial charge in [0.2, 0.25) is 0 Å². The van der Waals surface area contributed by atoms with E-state index in [2.05, 4.69) is 87.6 Å². The average Bonchev–Trinajstić information content (AvgIpc) is 3.29. The van der Waals surface area contributed by atoms with Crippen molar-refractivity contribution in [2.45, 2.75) is 213 Å². The molecule has 360 valence electrons. The van der Waals surface area contributed by atoms with E-state index in [1.165, 1.54) is 83.5 Å². The molecular formula is C58H92O6. The van der Waals surface area contributed by atoms with Gasteiger partial charge in [0.05, 0.1) is 0 Å². The average molecular weight is 885 g/mol. The Morgan fingerprint density at radius 3 is 1.09 bits per heavy atom. The summed E-state index contributed by atoms with van der Waals surface area (Å²) < 4.78 is 16.7. The van der Waals surface area contributed by atoms with E-state index in [9.17, 15) is 14.4 Å². The highest BCUT2D eigenvalue weighted by molar-refractivity contribution is 5.71. The van der Waals surface area contributed by atoms with Gasteiger partial charge in [-0.1, -0.05) is 226 Å². The zero-order valence-corrected chi connectivity index (χ0v) is 41.0. The topological polar surface area (TPSA) is 78.9 Å². The number of hydrogen-bond donors (Lipinski definition) is 0. The van der Waals surface area contributed by atoms with Crippen molar-refractivity contribution < 1.29 is 28.6 Å². The second-order valence-electron chi connectivity index (χ2n) is 16.6. The lowest BCUT2D eigenvalue weighted by Gasteiger charge is -2.18. The molecular weight excluding hydrogens is 793 g/mol. The van der Waals surface area contributed by atoms with Gasteiger partial charge >= 0.3 is 17.9 Å². The zero-order chi connectivity index (χ0) is 46.5. The van der Waals surface area contributed by atoms with E-state index < -0.39 is 6.10 Å². The molecule has 1 atom stereocenters. The quantitative estimate of drug-likeness (QED) is 0.0199. The molecule has 0 rings (SSSR count). The van der Waals surface area contributed by atoms with Crippen molar-refractivity contribution >= 4 is 17.9 Å². The van der Waals surface area contributed by atoms with E-state index in [0.29, 0.717) is 19.3 Å². The fourth-order valence-electron chi connectivity index (χ4n) is 6.54. The van der Waals surface area contributed by atoms with Crippen LogP contribution in [0.15, 0.2) is 122 Å². The van der Waals surface area contributed by atoms with Crippen LogP contribution in [0, 0.1) is 0 Å². The Labute approximate surface area is 392 Å². The van der Waals surface area contributed by atoms with Crippen LogP contribution >= 0.6 is 0 Å². The molecule has 0 radical (unpaired) electrons. The summed E-state index contributed by atoms with van der Waals surface area (Å²) in [4.78, 5) is 37.9. The van der Waals surface area contributed by atoms with Gasteiger partial charge in [-0.2, -0.15) is 0 Å².